The molecule has 0 aromatic heterocycles. The van der Waals surface area contributed by atoms with Crippen molar-refractivity contribution in [3.8, 4) is 0 Å². The van der Waals surface area contributed by atoms with Crippen molar-refractivity contribution >= 4 is 23.2 Å². The summed E-state index contributed by atoms with van der Waals surface area (Å²) in [4.78, 5) is 13.3. The molecule has 5 heteroatoms. The molecule has 0 saturated carbocycles. The van der Waals surface area contributed by atoms with Gasteiger partial charge in [-0.15, -0.1) is 0 Å². The van der Waals surface area contributed by atoms with Crippen LogP contribution in [-0.2, 0) is 0 Å². The molecule has 1 amide bonds. The van der Waals surface area contributed by atoms with Gasteiger partial charge in [0.05, 0.1) is 16.3 Å². The number of hydrogen-bond donors (Lipinski definition) is 2. The minimum atomic E-state index is -0.484. The molecule has 0 aliphatic carbocycles. The number of nitrogens with two attached hydrogens (primary N) is 1. The van der Waals surface area contributed by atoms with Gasteiger partial charge in [0.25, 0.3) is 0 Å². The maximum absolute atomic E-state index is 11.2. The quantitative estimate of drug-likeness (QED) is 0.805. The average molecular weight is 240 g/mol. The number of primary amides is 1. The van der Waals surface area contributed by atoms with Crippen LogP contribution in [0.4, 0.5) is 5.69 Å². The van der Waals surface area contributed by atoms with Gasteiger partial charge in [-0.2, -0.15) is 0 Å². The molecule has 0 bridgehead atoms. The molecule has 4 nitrogen and oxygen atoms in total. The number of hydrogen-bond acceptors (Lipinski definition) is 3. The normalized spacial score (nSPS) is 16.2. The molecular weight excluding hydrogens is 226 g/mol. The SMILES string of the molecule is NC(=O)c1cccc(N2CCNCC2)c1Cl. The van der Waals surface area contributed by atoms with E-state index in [1.165, 1.54) is 0 Å². The van der Waals surface area contributed by atoms with Crippen molar-refractivity contribution in [1.82, 2.24) is 5.32 Å². The Kier molecular flexibility index (Phi) is 3.31. The zero-order valence-electron chi connectivity index (χ0n) is 8.87. The van der Waals surface area contributed by atoms with Crippen LogP contribution in [0.15, 0.2) is 18.2 Å². The van der Waals surface area contributed by atoms with Crippen molar-refractivity contribution in [3.63, 3.8) is 0 Å². The van der Waals surface area contributed by atoms with Crippen molar-refractivity contribution in [3.05, 3.63) is 28.8 Å². The van der Waals surface area contributed by atoms with Crippen molar-refractivity contribution < 1.29 is 4.79 Å². The molecule has 1 heterocycles. The van der Waals surface area contributed by atoms with Crippen LogP contribution in [0.25, 0.3) is 0 Å². The third kappa shape index (κ3) is 2.13. The number of nitrogens with zero attached hydrogens (tertiary/aromatic N) is 1. The molecule has 0 spiro atoms. The van der Waals surface area contributed by atoms with Crippen molar-refractivity contribution in [2.75, 3.05) is 31.1 Å². The van der Waals surface area contributed by atoms with Crippen molar-refractivity contribution in [2.45, 2.75) is 0 Å². The number of benzene rings is 1. The summed E-state index contributed by atoms with van der Waals surface area (Å²) in [5, 5.41) is 3.72. The fourth-order valence-corrected chi connectivity index (χ4v) is 2.20. The zero-order chi connectivity index (χ0) is 11.5. The van der Waals surface area contributed by atoms with E-state index in [9.17, 15) is 4.79 Å². The number of carbonyl (C=O) groups excluding carboxylic acids is 1. The Morgan fingerprint density at radius 2 is 2.06 bits per heavy atom. The number of rotatable bonds is 2. The van der Waals surface area contributed by atoms with Crippen LogP contribution in [0.5, 0.6) is 0 Å². The molecule has 1 aromatic rings. The van der Waals surface area contributed by atoms with E-state index in [4.69, 9.17) is 17.3 Å². The van der Waals surface area contributed by atoms with Gasteiger partial charge < -0.3 is 16.0 Å². The molecule has 2 rings (SSSR count). The maximum atomic E-state index is 11.2. The summed E-state index contributed by atoms with van der Waals surface area (Å²) in [6.45, 7) is 3.64. The maximum Gasteiger partial charge on any atom is 0.250 e. The summed E-state index contributed by atoms with van der Waals surface area (Å²) in [5.74, 6) is -0.484. The van der Waals surface area contributed by atoms with Crippen LogP contribution in [-0.4, -0.2) is 32.1 Å². The smallest absolute Gasteiger partial charge is 0.250 e. The summed E-state index contributed by atoms with van der Waals surface area (Å²) in [6, 6.07) is 5.37. The number of anilines is 1. The fourth-order valence-electron chi connectivity index (χ4n) is 1.86. The standard InChI is InChI=1S/C11H14ClN3O/c12-10-8(11(13)16)2-1-3-9(10)15-6-4-14-5-7-15/h1-3,14H,4-7H2,(H2,13,16). The zero-order valence-corrected chi connectivity index (χ0v) is 9.63. The third-order valence-electron chi connectivity index (χ3n) is 2.70. The molecule has 0 radical (unpaired) electrons. The van der Waals surface area contributed by atoms with E-state index in [0.29, 0.717) is 10.6 Å². The van der Waals surface area contributed by atoms with E-state index < -0.39 is 5.91 Å². The predicted molar refractivity (Wildman–Crippen MR) is 65.1 cm³/mol. The Bertz CT molecular complexity index is 402. The van der Waals surface area contributed by atoms with Crippen LogP contribution >= 0.6 is 11.6 Å². The number of nitrogens with one attached hydrogen (secondary N) is 1. The lowest BCUT2D eigenvalue weighted by Crippen LogP contribution is -2.43. The molecule has 1 aromatic carbocycles. The first-order chi connectivity index (χ1) is 7.70. The summed E-state index contributed by atoms with van der Waals surface area (Å²) < 4.78 is 0. The van der Waals surface area contributed by atoms with Crippen LogP contribution in [0.2, 0.25) is 5.02 Å². The lowest BCUT2D eigenvalue weighted by Gasteiger charge is -2.30. The Morgan fingerprint density at radius 1 is 1.38 bits per heavy atom. The highest BCUT2D eigenvalue weighted by Gasteiger charge is 2.16. The summed E-state index contributed by atoms with van der Waals surface area (Å²) in [7, 11) is 0. The van der Waals surface area contributed by atoms with Gasteiger partial charge in [-0.25, -0.2) is 0 Å². The largest absolute Gasteiger partial charge is 0.368 e. The van der Waals surface area contributed by atoms with Gasteiger partial charge in [-0.05, 0) is 12.1 Å². The monoisotopic (exact) mass is 239 g/mol. The second-order valence-corrected chi connectivity index (χ2v) is 4.12. The highest BCUT2D eigenvalue weighted by molar-refractivity contribution is 6.36. The van der Waals surface area contributed by atoms with Crippen LogP contribution in [0, 0.1) is 0 Å². The molecule has 0 unspecified atom stereocenters. The van der Waals surface area contributed by atoms with Gasteiger partial charge in [0.2, 0.25) is 5.91 Å². The lowest BCUT2D eigenvalue weighted by molar-refractivity contribution is 0.100. The Labute approximate surface area is 99.4 Å². The Hall–Kier alpha value is -1.26. The second-order valence-electron chi connectivity index (χ2n) is 3.74. The predicted octanol–water partition coefficient (Wildman–Crippen LogP) is 0.849. The van der Waals surface area contributed by atoms with Crippen molar-refractivity contribution in [2.24, 2.45) is 5.73 Å². The summed E-state index contributed by atoms with van der Waals surface area (Å²) in [5.41, 5.74) is 6.53. The van der Waals surface area contributed by atoms with E-state index in [0.717, 1.165) is 31.9 Å². The molecule has 0 atom stereocenters. The third-order valence-corrected chi connectivity index (χ3v) is 3.10. The Morgan fingerprint density at radius 3 is 2.69 bits per heavy atom. The van der Waals surface area contributed by atoms with E-state index in [1.807, 2.05) is 12.1 Å². The van der Waals surface area contributed by atoms with Gasteiger partial charge in [0, 0.05) is 26.2 Å². The highest BCUT2D eigenvalue weighted by Crippen LogP contribution is 2.29. The van der Waals surface area contributed by atoms with Crippen molar-refractivity contribution in [1.29, 1.82) is 0 Å². The number of piperazine rings is 1. The molecule has 16 heavy (non-hydrogen) atoms. The fraction of sp³-hybridized carbons (Fsp3) is 0.364. The van der Waals surface area contributed by atoms with E-state index in [1.54, 1.807) is 6.07 Å². The van der Waals surface area contributed by atoms with Gasteiger partial charge in [-0.3, -0.25) is 4.79 Å². The molecule has 1 fully saturated rings. The molecule has 3 N–H and O–H groups in total. The number of carbonyl (C=O) groups is 1. The molecule has 1 aliphatic rings. The molecule has 1 saturated heterocycles. The minimum absolute atomic E-state index is 0.387. The summed E-state index contributed by atoms with van der Waals surface area (Å²) in [6.07, 6.45) is 0. The second kappa shape index (κ2) is 4.72. The van der Waals surface area contributed by atoms with Gasteiger partial charge >= 0.3 is 0 Å². The Balaban J connectivity index is 2.33. The first kappa shape index (κ1) is 11.2. The van der Waals surface area contributed by atoms with Crippen LogP contribution in [0.1, 0.15) is 10.4 Å². The van der Waals surface area contributed by atoms with E-state index >= 15 is 0 Å². The summed E-state index contributed by atoms with van der Waals surface area (Å²) >= 11 is 6.17. The van der Waals surface area contributed by atoms with Gasteiger partial charge in [0.1, 0.15) is 0 Å². The average Bonchev–Trinajstić information content (AvgIpc) is 2.30. The van der Waals surface area contributed by atoms with Gasteiger partial charge in [-0.1, -0.05) is 17.7 Å². The van der Waals surface area contributed by atoms with E-state index in [-0.39, 0.29) is 0 Å². The first-order valence-corrected chi connectivity index (χ1v) is 5.62. The molecular formula is C11H14ClN3O. The minimum Gasteiger partial charge on any atom is -0.368 e. The molecule has 1 aliphatic heterocycles. The van der Waals surface area contributed by atoms with E-state index in [2.05, 4.69) is 10.2 Å². The van der Waals surface area contributed by atoms with Gasteiger partial charge in [0.15, 0.2) is 0 Å². The first-order valence-electron chi connectivity index (χ1n) is 5.24. The highest BCUT2D eigenvalue weighted by atomic mass is 35.5. The number of halogens is 1. The molecule has 86 valence electrons. The lowest BCUT2D eigenvalue weighted by atomic mass is 10.1. The van der Waals surface area contributed by atoms with Crippen LogP contribution < -0.4 is 16.0 Å². The number of amides is 1. The van der Waals surface area contributed by atoms with Crippen LogP contribution in [0.3, 0.4) is 0 Å². The topological polar surface area (TPSA) is 58.4 Å².